The third-order valence-electron chi connectivity index (χ3n) is 5.23. The summed E-state index contributed by atoms with van der Waals surface area (Å²) in [5.41, 5.74) is 7.37. The Kier molecular flexibility index (Phi) is 7.88. The lowest BCUT2D eigenvalue weighted by Gasteiger charge is -2.42. The van der Waals surface area contributed by atoms with E-state index in [9.17, 15) is 4.79 Å². The topological polar surface area (TPSA) is 58.8 Å². The molecule has 0 radical (unpaired) electrons. The fourth-order valence-electron chi connectivity index (χ4n) is 3.51. The lowest BCUT2D eigenvalue weighted by molar-refractivity contribution is -0.139. The number of rotatable bonds is 8. The number of piperazine rings is 1. The van der Waals surface area contributed by atoms with Gasteiger partial charge >= 0.3 is 0 Å². The number of nitrogens with zero attached hydrogens (tertiary/aromatic N) is 2. The number of hydrogen-bond acceptors (Lipinski definition) is 4. The minimum absolute atomic E-state index is 0.166. The number of hydrogen-bond donors (Lipinski definition) is 1. The van der Waals surface area contributed by atoms with Gasteiger partial charge in [0.2, 0.25) is 5.91 Å². The van der Waals surface area contributed by atoms with E-state index in [-0.39, 0.29) is 17.9 Å². The summed E-state index contributed by atoms with van der Waals surface area (Å²) in [5, 5.41) is 0. The maximum absolute atomic E-state index is 12.9. The molecule has 2 rings (SSSR count). The van der Waals surface area contributed by atoms with Gasteiger partial charge in [-0.1, -0.05) is 44.2 Å². The average molecular weight is 348 g/mol. The molecule has 0 spiro atoms. The highest BCUT2D eigenvalue weighted by Gasteiger charge is 2.32. The number of ether oxygens (including phenoxy) is 1. The molecule has 1 amide bonds. The van der Waals surface area contributed by atoms with Crippen molar-refractivity contribution in [2.75, 3.05) is 39.4 Å². The summed E-state index contributed by atoms with van der Waals surface area (Å²) in [6.45, 7) is 11.1. The van der Waals surface area contributed by atoms with Crippen molar-refractivity contribution in [2.24, 2.45) is 11.7 Å². The van der Waals surface area contributed by atoms with Gasteiger partial charge in [-0.2, -0.15) is 0 Å². The Morgan fingerprint density at radius 3 is 2.64 bits per heavy atom. The summed E-state index contributed by atoms with van der Waals surface area (Å²) in [4.78, 5) is 17.4. The molecule has 1 fully saturated rings. The van der Waals surface area contributed by atoms with E-state index in [1.165, 1.54) is 0 Å². The quantitative estimate of drug-likeness (QED) is 0.733. The Balaban J connectivity index is 1.93. The summed E-state index contributed by atoms with van der Waals surface area (Å²) in [6.07, 6.45) is 1.04. The molecule has 5 nitrogen and oxygen atoms in total. The molecule has 3 atom stereocenters. The number of amides is 1. The Bertz CT molecular complexity index is 523. The number of nitrogens with two attached hydrogens (primary N) is 1. The van der Waals surface area contributed by atoms with Gasteiger partial charge in [0, 0.05) is 44.9 Å². The maximum Gasteiger partial charge on any atom is 0.227 e. The minimum atomic E-state index is -0.259. The van der Waals surface area contributed by atoms with Gasteiger partial charge in [-0.25, -0.2) is 0 Å². The Morgan fingerprint density at radius 1 is 1.28 bits per heavy atom. The zero-order valence-electron chi connectivity index (χ0n) is 15.9. The van der Waals surface area contributed by atoms with Gasteiger partial charge in [0.1, 0.15) is 0 Å². The third kappa shape index (κ3) is 5.27. The highest BCUT2D eigenvalue weighted by atomic mass is 16.5. The van der Waals surface area contributed by atoms with Gasteiger partial charge in [0.25, 0.3) is 0 Å². The molecule has 0 aromatic heterocycles. The van der Waals surface area contributed by atoms with Crippen LogP contribution in [-0.4, -0.2) is 61.1 Å². The van der Waals surface area contributed by atoms with Crippen LogP contribution in [0.25, 0.3) is 0 Å². The molecule has 1 aliphatic heterocycles. The standard InChI is InChI=1S/C20H33N3O2/c1-4-18-15-23(12-11-22(18)13-14-25-5-2)20(24)16(3)19(21)17-9-7-6-8-10-17/h6-10,16,18-19H,4-5,11-15,21H2,1-3H3. The molecule has 25 heavy (non-hydrogen) atoms. The van der Waals surface area contributed by atoms with Crippen LogP contribution in [-0.2, 0) is 9.53 Å². The molecule has 2 N–H and O–H groups in total. The van der Waals surface area contributed by atoms with E-state index in [2.05, 4.69) is 11.8 Å². The van der Waals surface area contributed by atoms with Crippen LogP contribution < -0.4 is 5.73 Å². The second-order valence-corrected chi connectivity index (χ2v) is 6.80. The van der Waals surface area contributed by atoms with Gasteiger partial charge in [0.15, 0.2) is 0 Å². The monoisotopic (exact) mass is 347 g/mol. The first-order valence-corrected chi connectivity index (χ1v) is 9.49. The molecule has 0 saturated carbocycles. The third-order valence-corrected chi connectivity index (χ3v) is 5.23. The van der Waals surface area contributed by atoms with Gasteiger partial charge in [-0.15, -0.1) is 0 Å². The number of carbonyl (C=O) groups is 1. The normalized spacial score (nSPS) is 21.1. The average Bonchev–Trinajstić information content (AvgIpc) is 2.67. The Labute approximate surface area is 152 Å². The molecule has 5 heteroatoms. The summed E-state index contributed by atoms with van der Waals surface area (Å²) in [5.74, 6) is -0.0471. The van der Waals surface area contributed by atoms with E-state index in [0.29, 0.717) is 6.04 Å². The van der Waals surface area contributed by atoms with Crippen molar-refractivity contribution in [3.63, 3.8) is 0 Å². The molecule has 0 bridgehead atoms. The first-order chi connectivity index (χ1) is 12.1. The SMILES string of the molecule is CCOCCN1CCN(C(=O)C(C)C(N)c2ccccc2)CC1CC. The molecule has 1 heterocycles. The molecule has 140 valence electrons. The molecular weight excluding hydrogens is 314 g/mol. The van der Waals surface area contributed by atoms with Crippen LogP contribution in [0.3, 0.4) is 0 Å². The molecule has 1 aromatic rings. The largest absolute Gasteiger partial charge is 0.380 e. The highest BCUT2D eigenvalue weighted by Crippen LogP contribution is 2.23. The highest BCUT2D eigenvalue weighted by molar-refractivity contribution is 5.79. The van der Waals surface area contributed by atoms with E-state index in [1.807, 2.05) is 49.1 Å². The fraction of sp³-hybridized carbons (Fsp3) is 0.650. The summed E-state index contributed by atoms with van der Waals surface area (Å²) in [6, 6.07) is 10.0. The fourth-order valence-corrected chi connectivity index (χ4v) is 3.51. The van der Waals surface area contributed by atoms with Crippen molar-refractivity contribution in [1.82, 2.24) is 9.80 Å². The van der Waals surface area contributed by atoms with Gasteiger partial charge in [0.05, 0.1) is 12.5 Å². The van der Waals surface area contributed by atoms with E-state index in [0.717, 1.165) is 51.4 Å². The predicted molar refractivity (Wildman–Crippen MR) is 101 cm³/mol. The van der Waals surface area contributed by atoms with Crippen LogP contribution >= 0.6 is 0 Å². The zero-order chi connectivity index (χ0) is 18.2. The van der Waals surface area contributed by atoms with Gasteiger partial charge in [-0.05, 0) is 18.9 Å². The van der Waals surface area contributed by atoms with Crippen LogP contribution in [0.2, 0.25) is 0 Å². The smallest absolute Gasteiger partial charge is 0.227 e. The predicted octanol–water partition coefficient (Wildman–Crippen LogP) is 2.28. The Hall–Kier alpha value is -1.43. The van der Waals surface area contributed by atoms with Gasteiger partial charge < -0.3 is 15.4 Å². The van der Waals surface area contributed by atoms with Crippen molar-refractivity contribution in [2.45, 2.75) is 39.3 Å². The summed E-state index contributed by atoms with van der Waals surface area (Å²) < 4.78 is 5.48. The number of benzene rings is 1. The first kappa shape index (κ1) is 19.9. The van der Waals surface area contributed by atoms with E-state index in [1.54, 1.807) is 0 Å². The van der Waals surface area contributed by atoms with Crippen molar-refractivity contribution >= 4 is 5.91 Å². The van der Waals surface area contributed by atoms with E-state index >= 15 is 0 Å². The first-order valence-electron chi connectivity index (χ1n) is 9.49. The van der Waals surface area contributed by atoms with E-state index in [4.69, 9.17) is 10.5 Å². The maximum atomic E-state index is 12.9. The van der Waals surface area contributed by atoms with Crippen molar-refractivity contribution in [3.8, 4) is 0 Å². The van der Waals surface area contributed by atoms with Crippen LogP contribution in [0.4, 0.5) is 0 Å². The van der Waals surface area contributed by atoms with Crippen molar-refractivity contribution in [1.29, 1.82) is 0 Å². The lowest BCUT2D eigenvalue weighted by Crippen LogP contribution is -2.56. The van der Waals surface area contributed by atoms with Crippen molar-refractivity contribution in [3.05, 3.63) is 35.9 Å². The summed E-state index contributed by atoms with van der Waals surface area (Å²) >= 11 is 0. The molecule has 1 aromatic carbocycles. The van der Waals surface area contributed by atoms with Crippen molar-refractivity contribution < 1.29 is 9.53 Å². The molecule has 1 aliphatic rings. The molecule has 0 aliphatic carbocycles. The minimum Gasteiger partial charge on any atom is -0.380 e. The van der Waals surface area contributed by atoms with E-state index < -0.39 is 0 Å². The van der Waals surface area contributed by atoms with Crippen LogP contribution in [0.1, 0.15) is 38.8 Å². The lowest BCUT2D eigenvalue weighted by atomic mass is 9.93. The molecule has 3 unspecified atom stereocenters. The number of carbonyl (C=O) groups excluding carboxylic acids is 1. The van der Waals surface area contributed by atoms with Crippen LogP contribution in [0.15, 0.2) is 30.3 Å². The Morgan fingerprint density at radius 2 is 2.00 bits per heavy atom. The summed E-state index contributed by atoms with van der Waals surface area (Å²) in [7, 11) is 0. The second kappa shape index (κ2) is 9.90. The molecular formula is C20H33N3O2. The molecule has 1 saturated heterocycles. The van der Waals surface area contributed by atoms with Gasteiger partial charge in [-0.3, -0.25) is 9.69 Å². The second-order valence-electron chi connectivity index (χ2n) is 6.80. The van der Waals surface area contributed by atoms with Crippen LogP contribution in [0.5, 0.6) is 0 Å². The van der Waals surface area contributed by atoms with Crippen LogP contribution in [0, 0.1) is 5.92 Å². The zero-order valence-corrected chi connectivity index (χ0v) is 15.9.